The summed E-state index contributed by atoms with van der Waals surface area (Å²) in [5.74, 6) is 0.799. The minimum Gasteiger partial charge on any atom is -0.487 e. The highest BCUT2D eigenvalue weighted by Gasteiger charge is 2.34. The molecule has 0 spiro atoms. The first-order valence-electron chi connectivity index (χ1n) is 9.90. The lowest BCUT2D eigenvalue weighted by atomic mass is 9.90. The van der Waals surface area contributed by atoms with Crippen molar-refractivity contribution >= 4 is 23.4 Å². The van der Waals surface area contributed by atoms with E-state index in [0.717, 1.165) is 22.6 Å². The van der Waals surface area contributed by atoms with E-state index in [2.05, 4.69) is 16.0 Å². The van der Waals surface area contributed by atoms with Gasteiger partial charge in [-0.05, 0) is 39.0 Å². The number of benzene rings is 2. The highest BCUT2D eigenvalue weighted by Crippen LogP contribution is 2.39. The maximum atomic E-state index is 12.8. The molecule has 7 heteroatoms. The summed E-state index contributed by atoms with van der Waals surface area (Å²) >= 11 is 0. The van der Waals surface area contributed by atoms with Gasteiger partial charge in [0.15, 0.2) is 0 Å². The molecule has 2 aliphatic heterocycles. The molecule has 0 aliphatic carbocycles. The van der Waals surface area contributed by atoms with Crippen molar-refractivity contribution in [3.63, 3.8) is 0 Å². The summed E-state index contributed by atoms with van der Waals surface area (Å²) < 4.78 is 6.04. The first kappa shape index (κ1) is 19.1. The smallest absolute Gasteiger partial charge is 0.322 e. The number of urea groups is 2. The summed E-state index contributed by atoms with van der Waals surface area (Å²) in [6, 6.07) is 12.8. The van der Waals surface area contributed by atoms with Gasteiger partial charge >= 0.3 is 12.1 Å². The largest absolute Gasteiger partial charge is 0.487 e. The standard InChI is InChI=1S/C22H26N4O3/c1-4-26-18-10-7-9-16(15(18)13-23-21(26)28)24-20(27)25-17-12-22(2,3)29-19-11-6-5-8-14(17)19/h5-11,17H,4,12-13H2,1-3H3,(H,23,28)(H2,24,25,27)/t17-/m1/s1. The van der Waals surface area contributed by atoms with Gasteiger partial charge in [0.25, 0.3) is 0 Å². The zero-order valence-electron chi connectivity index (χ0n) is 16.9. The lowest BCUT2D eigenvalue weighted by Crippen LogP contribution is -2.45. The molecular formula is C22H26N4O3. The van der Waals surface area contributed by atoms with Crippen LogP contribution in [0.25, 0.3) is 0 Å². The maximum Gasteiger partial charge on any atom is 0.322 e. The van der Waals surface area contributed by atoms with E-state index in [4.69, 9.17) is 4.74 Å². The fraction of sp³-hybridized carbons (Fsp3) is 0.364. The van der Waals surface area contributed by atoms with E-state index in [-0.39, 0.29) is 23.7 Å². The molecule has 7 nitrogen and oxygen atoms in total. The second-order valence-corrected chi connectivity index (χ2v) is 7.96. The molecule has 0 saturated carbocycles. The summed E-state index contributed by atoms with van der Waals surface area (Å²) in [5, 5.41) is 8.91. The molecule has 2 aliphatic rings. The first-order chi connectivity index (χ1) is 13.9. The number of para-hydroxylation sites is 1. The molecule has 2 aromatic carbocycles. The molecule has 0 bridgehead atoms. The van der Waals surface area contributed by atoms with Gasteiger partial charge in [-0.3, -0.25) is 4.90 Å². The fourth-order valence-corrected chi connectivity index (χ4v) is 4.06. The van der Waals surface area contributed by atoms with Crippen molar-refractivity contribution < 1.29 is 14.3 Å². The van der Waals surface area contributed by atoms with Gasteiger partial charge in [-0.15, -0.1) is 0 Å². The van der Waals surface area contributed by atoms with E-state index in [1.54, 1.807) is 4.90 Å². The Balaban J connectivity index is 1.54. The third kappa shape index (κ3) is 3.72. The van der Waals surface area contributed by atoms with Gasteiger partial charge in [-0.2, -0.15) is 0 Å². The molecule has 2 heterocycles. The van der Waals surface area contributed by atoms with Crippen molar-refractivity contribution in [3.8, 4) is 5.75 Å². The van der Waals surface area contributed by atoms with Crippen LogP contribution >= 0.6 is 0 Å². The SMILES string of the molecule is CCN1C(=O)NCc2c(NC(=O)N[C@@H]3CC(C)(C)Oc4ccccc43)cccc21. The molecule has 29 heavy (non-hydrogen) atoms. The highest BCUT2D eigenvalue weighted by atomic mass is 16.5. The van der Waals surface area contributed by atoms with Crippen molar-refractivity contribution in [1.29, 1.82) is 0 Å². The van der Waals surface area contributed by atoms with Crippen LogP contribution in [-0.4, -0.2) is 24.2 Å². The van der Waals surface area contributed by atoms with E-state index in [9.17, 15) is 9.59 Å². The van der Waals surface area contributed by atoms with E-state index >= 15 is 0 Å². The van der Waals surface area contributed by atoms with Crippen LogP contribution in [0.4, 0.5) is 21.0 Å². The Morgan fingerprint density at radius 3 is 2.83 bits per heavy atom. The molecule has 1 atom stereocenters. The number of carbonyl (C=O) groups excluding carboxylic acids is 2. The van der Waals surface area contributed by atoms with Crippen LogP contribution in [0.15, 0.2) is 42.5 Å². The third-order valence-corrected chi connectivity index (χ3v) is 5.35. The highest BCUT2D eigenvalue weighted by molar-refractivity contribution is 5.98. The molecule has 0 fully saturated rings. The van der Waals surface area contributed by atoms with Gasteiger partial charge in [-0.25, -0.2) is 9.59 Å². The number of amides is 4. The van der Waals surface area contributed by atoms with Gasteiger partial charge in [-0.1, -0.05) is 24.3 Å². The Kier molecular flexibility index (Phi) is 4.82. The number of ether oxygens (including phenoxy) is 1. The van der Waals surface area contributed by atoms with E-state index in [1.807, 2.05) is 63.2 Å². The third-order valence-electron chi connectivity index (χ3n) is 5.35. The summed E-state index contributed by atoms with van der Waals surface area (Å²) in [7, 11) is 0. The molecule has 4 rings (SSSR count). The lowest BCUT2D eigenvalue weighted by Gasteiger charge is -2.38. The van der Waals surface area contributed by atoms with Crippen molar-refractivity contribution in [1.82, 2.24) is 10.6 Å². The summed E-state index contributed by atoms with van der Waals surface area (Å²) in [6.07, 6.45) is 0.671. The molecule has 3 N–H and O–H groups in total. The van der Waals surface area contributed by atoms with Crippen molar-refractivity contribution in [2.75, 3.05) is 16.8 Å². The van der Waals surface area contributed by atoms with Crippen LogP contribution in [0.5, 0.6) is 5.75 Å². The lowest BCUT2D eigenvalue weighted by molar-refractivity contribution is 0.0683. The summed E-state index contributed by atoms with van der Waals surface area (Å²) in [5.41, 5.74) is 3.02. The molecular weight excluding hydrogens is 368 g/mol. The Labute approximate surface area is 170 Å². The van der Waals surface area contributed by atoms with E-state index in [1.165, 1.54) is 0 Å². The number of carbonyl (C=O) groups is 2. The van der Waals surface area contributed by atoms with Gasteiger partial charge < -0.3 is 20.7 Å². The topological polar surface area (TPSA) is 82.7 Å². The molecule has 0 radical (unpaired) electrons. The van der Waals surface area contributed by atoms with Crippen LogP contribution < -0.4 is 25.6 Å². The quantitative estimate of drug-likeness (QED) is 0.731. The van der Waals surface area contributed by atoms with Gasteiger partial charge in [0, 0.05) is 36.3 Å². The average Bonchev–Trinajstić information content (AvgIpc) is 2.67. The zero-order valence-corrected chi connectivity index (χ0v) is 16.9. The molecule has 0 aromatic heterocycles. The van der Waals surface area contributed by atoms with Crippen molar-refractivity contribution in [2.45, 2.75) is 45.4 Å². The van der Waals surface area contributed by atoms with E-state index in [0.29, 0.717) is 25.2 Å². The number of rotatable bonds is 3. The zero-order chi connectivity index (χ0) is 20.6. The molecule has 152 valence electrons. The fourth-order valence-electron chi connectivity index (χ4n) is 4.06. The van der Waals surface area contributed by atoms with Crippen LogP contribution in [0, 0.1) is 0 Å². The number of hydrogen-bond donors (Lipinski definition) is 3. The number of anilines is 2. The van der Waals surface area contributed by atoms with Crippen molar-refractivity contribution in [2.24, 2.45) is 0 Å². The number of nitrogens with zero attached hydrogens (tertiary/aromatic N) is 1. The number of nitrogens with one attached hydrogen (secondary N) is 3. The molecule has 2 aromatic rings. The van der Waals surface area contributed by atoms with Crippen LogP contribution in [0.2, 0.25) is 0 Å². The minimum absolute atomic E-state index is 0.123. The van der Waals surface area contributed by atoms with Crippen molar-refractivity contribution in [3.05, 3.63) is 53.6 Å². The van der Waals surface area contributed by atoms with E-state index < -0.39 is 0 Å². The first-order valence-corrected chi connectivity index (χ1v) is 9.90. The second-order valence-electron chi connectivity index (χ2n) is 7.96. The number of hydrogen-bond acceptors (Lipinski definition) is 3. The summed E-state index contributed by atoms with van der Waals surface area (Å²) in [6.45, 7) is 6.90. The van der Waals surface area contributed by atoms with Crippen LogP contribution in [-0.2, 0) is 6.54 Å². The Morgan fingerprint density at radius 2 is 2.03 bits per heavy atom. The predicted octanol–water partition coefficient (Wildman–Crippen LogP) is 4.16. The van der Waals surface area contributed by atoms with Gasteiger partial charge in [0.2, 0.25) is 0 Å². The van der Waals surface area contributed by atoms with Crippen LogP contribution in [0.3, 0.4) is 0 Å². The summed E-state index contributed by atoms with van der Waals surface area (Å²) in [4.78, 5) is 26.6. The monoisotopic (exact) mass is 394 g/mol. The maximum absolute atomic E-state index is 12.8. The number of fused-ring (bicyclic) bond motifs is 2. The Morgan fingerprint density at radius 1 is 1.24 bits per heavy atom. The Hall–Kier alpha value is -3.22. The van der Waals surface area contributed by atoms with Gasteiger partial charge in [0.05, 0.1) is 11.7 Å². The predicted molar refractivity (Wildman–Crippen MR) is 112 cm³/mol. The van der Waals surface area contributed by atoms with Gasteiger partial charge in [0.1, 0.15) is 11.4 Å². The average molecular weight is 394 g/mol. The minimum atomic E-state index is -0.371. The molecule has 0 unspecified atom stereocenters. The second kappa shape index (κ2) is 7.31. The normalized spacial score (nSPS) is 19.3. The molecule has 0 saturated heterocycles. The molecule has 4 amide bonds. The van der Waals surface area contributed by atoms with Crippen LogP contribution in [0.1, 0.15) is 44.4 Å². The Bertz CT molecular complexity index is 957.